The molecule has 0 saturated carbocycles. The summed E-state index contributed by atoms with van der Waals surface area (Å²) < 4.78 is 17.0. The number of esters is 3. The average Bonchev–Trinajstić information content (AvgIpc) is 3.41. The van der Waals surface area contributed by atoms with E-state index in [1.54, 1.807) is 0 Å². The van der Waals surface area contributed by atoms with Crippen molar-refractivity contribution in [1.29, 1.82) is 0 Å². The smallest absolute Gasteiger partial charge is 0.306 e. The standard InChI is InChI=1S/C69H126O6/c1-4-7-10-13-16-19-22-25-28-30-32-34-36-38-41-43-46-49-52-55-58-61-67(70)73-64-66(75-69(72)63-60-57-54-51-48-45-40-27-24-21-18-15-12-9-6-3)65-74-68(71)62-59-56-53-50-47-44-42-39-37-35-33-31-29-26-23-20-17-14-11-8-5-2/h9,12,18,21,25,27-28,40,66H,4-8,10-11,13-17,19-20,22-24,26,29-39,41-65H2,1-3H3/b12-9-,21-18-,28-25-,40-27-/t66-/m1/s1. The van der Waals surface area contributed by atoms with Gasteiger partial charge in [0.15, 0.2) is 6.10 Å². The number of carbonyl (C=O) groups excluding carboxylic acids is 3. The number of hydrogen-bond donors (Lipinski definition) is 0. The molecular formula is C69H126O6. The van der Waals surface area contributed by atoms with Crippen molar-refractivity contribution < 1.29 is 28.6 Å². The summed E-state index contributed by atoms with van der Waals surface area (Å²) in [7, 11) is 0. The maximum Gasteiger partial charge on any atom is 0.306 e. The molecule has 0 saturated heterocycles. The molecule has 0 aliphatic heterocycles. The van der Waals surface area contributed by atoms with Gasteiger partial charge in [0.05, 0.1) is 0 Å². The van der Waals surface area contributed by atoms with Crippen LogP contribution in [0.5, 0.6) is 0 Å². The molecule has 0 spiro atoms. The van der Waals surface area contributed by atoms with Crippen LogP contribution >= 0.6 is 0 Å². The maximum atomic E-state index is 12.9. The molecule has 0 N–H and O–H groups in total. The van der Waals surface area contributed by atoms with Crippen LogP contribution in [0.3, 0.4) is 0 Å². The van der Waals surface area contributed by atoms with Crippen LogP contribution in [0.4, 0.5) is 0 Å². The van der Waals surface area contributed by atoms with Gasteiger partial charge in [0, 0.05) is 19.3 Å². The van der Waals surface area contributed by atoms with E-state index in [1.807, 2.05) is 0 Å². The minimum atomic E-state index is -0.781. The summed E-state index contributed by atoms with van der Waals surface area (Å²) in [6.45, 7) is 6.57. The fraction of sp³-hybridized carbons (Fsp3) is 0.841. The first-order chi connectivity index (χ1) is 37.0. The molecule has 6 nitrogen and oxygen atoms in total. The molecular weight excluding hydrogens is 925 g/mol. The van der Waals surface area contributed by atoms with Gasteiger partial charge in [-0.1, -0.05) is 307 Å². The summed E-state index contributed by atoms with van der Waals surface area (Å²) in [6.07, 6.45) is 79.8. The van der Waals surface area contributed by atoms with Gasteiger partial charge in [0.2, 0.25) is 0 Å². The van der Waals surface area contributed by atoms with Crippen molar-refractivity contribution in [2.45, 2.75) is 361 Å². The lowest BCUT2D eigenvalue weighted by atomic mass is 10.0. The Morgan fingerprint density at radius 3 is 0.827 bits per heavy atom. The van der Waals surface area contributed by atoms with Crippen LogP contribution in [0.25, 0.3) is 0 Å². The Labute approximate surface area is 467 Å². The Morgan fingerprint density at radius 2 is 0.520 bits per heavy atom. The molecule has 0 aromatic rings. The van der Waals surface area contributed by atoms with Gasteiger partial charge >= 0.3 is 17.9 Å². The minimum Gasteiger partial charge on any atom is -0.462 e. The molecule has 0 radical (unpaired) electrons. The molecule has 0 rings (SSSR count). The zero-order chi connectivity index (χ0) is 54.3. The summed E-state index contributed by atoms with van der Waals surface area (Å²) in [6, 6.07) is 0. The number of hydrogen-bond acceptors (Lipinski definition) is 6. The van der Waals surface area contributed by atoms with Gasteiger partial charge in [-0.15, -0.1) is 0 Å². The quantitative estimate of drug-likeness (QED) is 0.0261. The first kappa shape index (κ1) is 72.4. The maximum absolute atomic E-state index is 12.9. The van der Waals surface area contributed by atoms with E-state index in [4.69, 9.17) is 14.2 Å². The Balaban J connectivity index is 4.30. The Hall–Kier alpha value is -2.63. The van der Waals surface area contributed by atoms with Crippen molar-refractivity contribution in [2.24, 2.45) is 0 Å². The van der Waals surface area contributed by atoms with Gasteiger partial charge in [-0.2, -0.15) is 0 Å². The number of unbranched alkanes of at least 4 members (excludes halogenated alkanes) is 42. The van der Waals surface area contributed by atoms with Crippen LogP contribution in [0.1, 0.15) is 355 Å². The average molecular weight is 1050 g/mol. The van der Waals surface area contributed by atoms with Crippen LogP contribution in [0.2, 0.25) is 0 Å². The van der Waals surface area contributed by atoms with E-state index < -0.39 is 6.10 Å². The molecule has 0 aliphatic carbocycles. The lowest BCUT2D eigenvalue weighted by Gasteiger charge is -2.18. The van der Waals surface area contributed by atoms with Crippen molar-refractivity contribution >= 4 is 17.9 Å². The van der Waals surface area contributed by atoms with E-state index >= 15 is 0 Å². The summed E-state index contributed by atoms with van der Waals surface area (Å²) in [5.41, 5.74) is 0. The van der Waals surface area contributed by atoms with Crippen molar-refractivity contribution in [3.05, 3.63) is 48.6 Å². The van der Waals surface area contributed by atoms with Crippen molar-refractivity contribution in [3.63, 3.8) is 0 Å². The fourth-order valence-corrected chi connectivity index (χ4v) is 9.87. The summed E-state index contributed by atoms with van der Waals surface area (Å²) >= 11 is 0. The first-order valence-electron chi connectivity index (χ1n) is 33.1. The highest BCUT2D eigenvalue weighted by Crippen LogP contribution is 2.18. The molecule has 438 valence electrons. The third kappa shape index (κ3) is 62.1. The van der Waals surface area contributed by atoms with Gasteiger partial charge in [0.1, 0.15) is 13.2 Å². The fourth-order valence-electron chi connectivity index (χ4n) is 9.87. The van der Waals surface area contributed by atoms with Crippen molar-refractivity contribution in [3.8, 4) is 0 Å². The number of carbonyl (C=O) groups is 3. The largest absolute Gasteiger partial charge is 0.462 e. The number of rotatable bonds is 61. The molecule has 1 atom stereocenters. The van der Waals surface area contributed by atoms with Gasteiger partial charge in [-0.25, -0.2) is 0 Å². The Kier molecular flexibility index (Phi) is 61.7. The zero-order valence-corrected chi connectivity index (χ0v) is 50.3. The molecule has 0 amide bonds. The second-order valence-corrected chi connectivity index (χ2v) is 22.4. The highest BCUT2D eigenvalue weighted by molar-refractivity contribution is 5.71. The van der Waals surface area contributed by atoms with Crippen LogP contribution in [-0.2, 0) is 28.6 Å². The van der Waals surface area contributed by atoms with Crippen molar-refractivity contribution in [1.82, 2.24) is 0 Å². The van der Waals surface area contributed by atoms with E-state index in [-0.39, 0.29) is 31.1 Å². The summed E-state index contributed by atoms with van der Waals surface area (Å²) in [5, 5.41) is 0. The highest BCUT2D eigenvalue weighted by Gasteiger charge is 2.19. The lowest BCUT2D eigenvalue weighted by molar-refractivity contribution is -0.167. The molecule has 0 aromatic heterocycles. The lowest BCUT2D eigenvalue weighted by Crippen LogP contribution is -2.30. The Bertz CT molecular complexity index is 1300. The van der Waals surface area contributed by atoms with Crippen LogP contribution in [0.15, 0.2) is 48.6 Å². The van der Waals surface area contributed by atoms with Gasteiger partial charge in [0.25, 0.3) is 0 Å². The molecule has 0 aromatic carbocycles. The number of allylic oxidation sites excluding steroid dienone is 8. The minimum absolute atomic E-state index is 0.0764. The molecule has 6 heteroatoms. The zero-order valence-electron chi connectivity index (χ0n) is 50.3. The normalized spacial score (nSPS) is 12.3. The molecule has 0 bridgehead atoms. The van der Waals surface area contributed by atoms with Crippen LogP contribution in [-0.4, -0.2) is 37.2 Å². The van der Waals surface area contributed by atoms with E-state index in [0.717, 1.165) is 96.3 Å². The molecule has 0 unspecified atom stereocenters. The molecule has 0 aliphatic rings. The first-order valence-corrected chi connectivity index (χ1v) is 33.1. The summed E-state index contributed by atoms with van der Waals surface area (Å²) in [4.78, 5) is 38.4. The monoisotopic (exact) mass is 1050 g/mol. The summed E-state index contributed by atoms with van der Waals surface area (Å²) in [5.74, 6) is -0.871. The number of ether oxygens (including phenoxy) is 3. The van der Waals surface area contributed by atoms with Crippen molar-refractivity contribution in [2.75, 3.05) is 13.2 Å². The van der Waals surface area contributed by atoms with Gasteiger partial charge in [-0.3, -0.25) is 14.4 Å². The van der Waals surface area contributed by atoms with Gasteiger partial charge in [-0.05, 0) is 77.0 Å². The predicted octanol–water partition coefficient (Wildman–Crippen LogP) is 22.6. The molecule has 75 heavy (non-hydrogen) atoms. The molecule has 0 fully saturated rings. The van der Waals surface area contributed by atoms with E-state index in [1.165, 1.54) is 218 Å². The SMILES string of the molecule is CC/C=C\C/C=C\C/C=C\CCCCCCCC(=O)O[C@H](COC(=O)CCCCCCCCCCCCC/C=C\CCCCCCCC)COC(=O)CCCCCCCCCCCCCCCCCCCCCCC. The van der Waals surface area contributed by atoms with Crippen LogP contribution in [0, 0.1) is 0 Å². The Morgan fingerprint density at radius 1 is 0.280 bits per heavy atom. The third-order valence-corrected chi connectivity index (χ3v) is 14.8. The third-order valence-electron chi connectivity index (χ3n) is 14.8. The highest BCUT2D eigenvalue weighted by atomic mass is 16.6. The van der Waals surface area contributed by atoms with E-state index in [0.29, 0.717) is 19.3 Å². The van der Waals surface area contributed by atoms with Gasteiger partial charge < -0.3 is 14.2 Å². The van der Waals surface area contributed by atoms with E-state index in [9.17, 15) is 14.4 Å². The van der Waals surface area contributed by atoms with Crippen LogP contribution < -0.4 is 0 Å². The second kappa shape index (κ2) is 63.9. The molecule has 0 heterocycles. The topological polar surface area (TPSA) is 78.9 Å². The van der Waals surface area contributed by atoms with E-state index in [2.05, 4.69) is 69.4 Å². The second-order valence-electron chi connectivity index (χ2n) is 22.4. The predicted molar refractivity (Wildman–Crippen MR) is 325 cm³/mol.